The first-order chi connectivity index (χ1) is 8.81. The highest BCUT2D eigenvalue weighted by molar-refractivity contribution is 7.97. The zero-order chi connectivity index (χ0) is 12.4. The molecule has 1 unspecified atom stereocenters. The van der Waals surface area contributed by atoms with Crippen LogP contribution in [0.15, 0.2) is 53.4 Å². The average molecular weight is 256 g/mol. The Labute approximate surface area is 112 Å². The Kier molecular flexibility index (Phi) is 3.26. The molecule has 2 nitrogen and oxygen atoms in total. The highest BCUT2D eigenvalue weighted by Gasteiger charge is 2.21. The molecule has 3 rings (SSSR count). The Morgan fingerprint density at radius 3 is 2.61 bits per heavy atom. The summed E-state index contributed by atoms with van der Waals surface area (Å²) in [6.45, 7) is 0. The molecule has 0 saturated heterocycles. The Bertz CT molecular complexity index is 539. The fourth-order valence-electron chi connectivity index (χ4n) is 2.36. The Morgan fingerprint density at radius 1 is 1.00 bits per heavy atom. The number of nitrogen functional groups attached to an aromatic ring is 1. The van der Waals surface area contributed by atoms with Gasteiger partial charge in [0.15, 0.2) is 0 Å². The van der Waals surface area contributed by atoms with Crippen molar-refractivity contribution >= 4 is 17.6 Å². The van der Waals surface area contributed by atoms with E-state index in [1.807, 2.05) is 12.1 Å². The van der Waals surface area contributed by atoms with Gasteiger partial charge >= 0.3 is 0 Å². The van der Waals surface area contributed by atoms with Crippen molar-refractivity contribution in [1.29, 1.82) is 0 Å². The zero-order valence-electron chi connectivity index (χ0n) is 10.1. The first-order valence-corrected chi connectivity index (χ1v) is 6.97. The second kappa shape index (κ2) is 5.04. The molecule has 0 aliphatic heterocycles. The summed E-state index contributed by atoms with van der Waals surface area (Å²) in [4.78, 5) is 1.26. The molecule has 0 fully saturated rings. The molecule has 1 atom stereocenters. The molecule has 0 spiro atoms. The van der Waals surface area contributed by atoms with Crippen LogP contribution in [0, 0.1) is 0 Å². The van der Waals surface area contributed by atoms with E-state index in [9.17, 15) is 0 Å². The SMILES string of the molecule is Nc1ccc2c(c1)CC(NSc1ccccc1)C2. The summed E-state index contributed by atoms with van der Waals surface area (Å²) in [5.41, 5.74) is 9.50. The van der Waals surface area contributed by atoms with E-state index >= 15 is 0 Å². The van der Waals surface area contributed by atoms with Gasteiger partial charge < -0.3 is 5.73 Å². The van der Waals surface area contributed by atoms with E-state index in [1.165, 1.54) is 16.0 Å². The van der Waals surface area contributed by atoms with Crippen LogP contribution in [-0.2, 0) is 12.8 Å². The molecular formula is C15H16N2S. The third-order valence-electron chi connectivity index (χ3n) is 3.25. The van der Waals surface area contributed by atoms with E-state index in [4.69, 9.17) is 5.73 Å². The number of nitrogens with one attached hydrogen (secondary N) is 1. The van der Waals surface area contributed by atoms with Crippen LogP contribution in [0.3, 0.4) is 0 Å². The van der Waals surface area contributed by atoms with Crippen LogP contribution in [0.4, 0.5) is 5.69 Å². The first-order valence-electron chi connectivity index (χ1n) is 6.16. The third kappa shape index (κ3) is 2.52. The van der Waals surface area contributed by atoms with Gasteiger partial charge in [-0.05, 0) is 60.2 Å². The van der Waals surface area contributed by atoms with Crippen LogP contribution < -0.4 is 10.5 Å². The predicted molar refractivity (Wildman–Crippen MR) is 77.5 cm³/mol. The van der Waals surface area contributed by atoms with Crippen LogP contribution in [0.2, 0.25) is 0 Å². The molecule has 1 aliphatic carbocycles. The third-order valence-corrected chi connectivity index (χ3v) is 4.21. The lowest BCUT2D eigenvalue weighted by Crippen LogP contribution is -2.22. The Balaban J connectivity index is 1.61. The molecule has 3 heteroatoms. The van der Waals surface area contributed by atoms with Crippen LogP contribution in [0.1, 0.15) is 11.1 Å². The molecule has 0 heterocycles. The number of rotatable bonds is 3. The van der Waals surface area contributed by atoms with Gasteiger partial charge in [-0.3, -0.25) is 4.72 Å². The molecule has 0 bridgehead atoms. The van der Waals surface area contributed by atoms with Crippen LogP contribution in [0.25, 0.3) is 0 Å². The molecule has 0 saturated carbocycles. The lowest BCUT2D eigenvalue weighted by atomic mass is 10.1. The maximum absolute atomic E-state index is 5.82. The predicted octanol–water partition coefficient (Wildman–Crippen LogP) is 3.03. The van der Waals surface area contributed by atoms with Crippen LogP contribution in [-0.4, -0.2) is 6.04 Å². The summed E-state index contributed by atoms with van der Waals surface area (Å²) in [7, 11) is 0. The minimum Gasteiger partial charge on any atom is -0.399 e. The maximum atomic E-state index is 5.82. The molecule has 3 N–H and O–H groups in total. The fourth-order valence-corrected chi connectivity index (χ4v) is 3.12. The molecule has 2 aromatic rings. The largest absolute Gasteiger partial charge is 0.399 e. The molecule has 0 aromatic heterocycles. The van der Waals surface area contributed by atoms with Gasteiger partial charge in [0.25, 0.3) is 0 Å². The first kappa shape index (κ1) is 11.6. The topological polar surface area (TPSA) is 38.0 Å². The van der Waals surface area contributed by atoms with E-state index < -0.39 is 0 Å². The summed E-state index contributed by atoms with van der Waals surface area (Å²) >= 11 is 1.71. The lowest BCUT2D eigenvalue weighted by Gasteiger charge is -2.10. The molecule has 1 aliphatic rings. The van der Waals surface area contributed by atoms with Gasteiger partial charge in [-0.15, -0.1) is 0 Å². The minimum atomic E-state index is 0.506. The van der Waals surface area contributed by atoms with Gasteiger partial charge in [0, 0.05) is 16.6 Å². The lowest BCUT2D eigenvalue weighted by molar-refractivity contribution is 0.672. The fraction of sp³-hybridized carbons (Fsp3) is 0.200. The molecular weight excluding hydrogens is 240 g/mol. The van der Waals surface area contributed by atoms with Crippen molar-refractivity contribution in [2.24, 2.45) is 0 Å². The summed E-state index contributed by atoms with van der Waals surface area (Å²) in [6.07, 6.45) is 2.16. The van der Waals surface area contributed by atoms with Gasteiger partial charge in [0.2, 0.25) is 0 Å². The number of hydrogen-bond acceptors (Lipinski definition) is 3. The second-order valence-electron chi connectivity index (χ2n) is 4.67. The van der Waals surface area contributed by atoms with E-state index in [1.54, 1.807) is 11.9 Å². The molecule has 92 valence electrons. The normalized spacial score (nSPS) is 17.7. The van der Waals surface area contributed by atoms with Gasteiger partial charge in [-0.1, -0.05) is 24.3 Å². The van der Waals surface area contributed by atoms with E-state index in [0.29, 0.717) is 6.04 Å². The van der Waals surface area contributed by atoms with Crippen molar-refractivity contribution in [1.82, 2.24) is 4.72 Å². The van der Waals surface area contributed by atoms with Gasteiger partial charge in [0.1, 0.15) is 0 Å². The second-order valence-corrected chi connectivity index (χ2v) is 5.58. The van der Waals surface area contributed by atoms with Gasteiger partial charge in [0.05, 0.1) is 0 Å². The van der Waals surface area contributed by atoms with Crippen molar-refractivity contribution in [2.75, 3.05) is 5.73 Å². The molecule has 18 heavy (non-hydrogen) atoms. The molecule has 0 radical (unpaired) electrons. The number of fused-ring (bicyclic) bond motifs is 1. The van der Waals surface area contributed by atoms with Crippen molar-refractivity contribution in [3.8, 4) is 0 Å². The highest BCUT2D eigenvalue weighted by Crippen LogP contribution is 2.26. The number of anilines is 1. The van der Waals surface area contributed by atoms with E-state index in [2.05, 4.69) is 41.1 Å². The van der Waals surface area contributed by atoms with E-state index in [0.717, 1.165) is 18.5 Å². The van der Waals surface area contributed by atoms with Crippen molar-refractivity contribution in [2.45, 2.75) is 23.8 Å². The molecule has 2 aromatic carbocycles. The summed E-state index contributed by atoms with van der Waals surface area (Å²) < 4.78 is 3.54. The van der Waals surface area contributed by atoms with Crippen LogP contribution >= 0.6 is 11.9 Å². The minimum absolute atomic E-state index is 0.506. The number of hydrogen-bond donors (Lipinski definition) is 2. The smallest absolute Gasteiger partial charge is 0.0316 e. The maximum Gasteiger partial charge on any atom is 0.0316 e. The van der Waals surface area contributed by atoms with Gasteiger partial charge in [-0.25, -0.2) is 0 Å². The monoisotopic (exact) mass is 256 g/mol. The molecule has 0 amide bonds. The Morgan fingerprint density at radius 2 is 1.78 bits per heavy atom. The highest BCUT2D eigenvalue weighted by atomic mass is 32.2. The van der Waals surface area contributed by atoms with Gasteiger partial charge in [-0.2, -0.15) is 0 Å². The quantitative estimate of drug-likeness (QED) is 0.655. The van der Waals surface area contributed by atoms with E-state index in [-0.39, 0.29) is 0 Å². The standard InChI is InChI=1S/C15H16N2S/c16-13-7-6-11-9-14(10-12(11)8-13)17-18-15-4-2-1-3-5-15/h1-8,14,17H,9-10,16H2. The summed E-state index contributed by atoms with van der Waals surface area (Å²) in [5, 5.41) is 0. The summed E-state index contributed by atoms with van der Waals surface area (Å²) in [5.74, 6) is 0. The van der Waals surface area contributed by atoms with Crippen molar-refractivity contribution in [3.05, 3.63) is 59.7 Å². The Hall–Kier alpha value is -1.45. The van der Waals surface area contributed by atoms with Crippen molar-refractivity contribution < 1.29 is 0 Å². The van der Waals surface area contributed by atoms with Crippen LogP contribution in [0.5, 0.6) is 0 Å². The summed E-state index contributed by atoms with van der Waals surface area (Å²) in [6, 6.07) is 17.2. The van der Waals surface area contributed by atoms with Crippen molar-refractivity contribution in [3.63, 3.8) is 0 Å². The number of nitrogens with two attached hydrogens (primary N) is 1. The number of benzene rings is 2. The zero-order valence-corrected chi connectivity index (χ0v) is 10.9. The average Bonchev–Trinajstić information content (AvgIpc) is 2.79.